The molecule has 0 amide bonds. The Bertz CT molecular complexity index is 1040. The van der Waals surface area contributed by atoms with Gasteiger partial charge in [0, 0.05) is 20.5 Å². The fourth-order valence-electron chi connectivity index (χ4n) is 2.23. The first kappa shape index (κ1) is 18.0. The van der Waals surface area contributed by atoms with Crippen molar-refractivity contribution in [1.82, 2.24) is 5.16 Å². The van der Waals surface area contributed by atoms with E-state index in [0.717, 1.165) is 9.26 Å². The summed E-state index contributed by atoms with van der Waals surface area (Å²) in [5.41, 5.74) is 8.03. The van der Waals surface area contributed by atoms with E-state index in [9.17, 15) is 8.42 Å². The molecule has 0 spiro atoms. The average Bonchev–Trinajstić information content (AvgIpc) is 2.95. The molecule has 0 aliphatic rings. The molecule has 1 heterocycles. The number of benzene rings is 2. The number of primary sulfonamides is 1. The van der Waals surface area contributed by atoms with Gasteiger partial charge in [0.05, 0.1) is 10.6 Å². The minimum atomic E-state index is -3.99. The lowest BCUT2D eigenvalue weighted by Crippen LogP contribution is -2.13. The lowest BCUT2D eigenvalue weighted by molar-refractivity contribution is 0.423. The molecule has 0 aliphatic carbocycles. The maximum atomic E-state index is 11.8. The number of aromatic nitrogens is 1. The molecule has 130 valence electrons. The monoisotopic (exact) mass is 490 g/mol. The molecule has 3 rings (SSSR count). The molecule has 10 heteroatoms. The second-order valence-electron chi connectivity index (χ2n) is 5.12. The third-order valence-electron chi connectivity index (χ3n) is 3.39. The van der Waals surface area contributed by atoms with Crippen molar-refractivity contribution < 1.29 is 12.9 Å². The summed E-state index contributed by atoms with van der Waals surface area (Å²) in [7, 11) is -3.99. The smallest absolute Gasteiger partial charge is 0.239 e. The number of halogens is 2. The number of hydrogen-bond acceptors (Lipinski definition) is 6. The third-order valence-corrected chi connectivity index (χ3v) is 5.48. The number of rotatable bonds is 4. The largest absolute Gasteiger partial charge is 0.380 e. The number of anilines is 3. The first-order valence-corrected chi connectivity index (χ1v) is 9.85. The normalized spacial score (nSPS) is 11.5. The SMILES string of the molecule is Nc1nocc1-c1cc(Cl)c(S(N)(=O)=O)cc1Nc1ccc(I)cc1. The molecule has 5 N–H and O–H groups in total. The Morgan fingerprint density at radius 3 is 2.40 bits per heavy atom. The Kier molecular flexibility index (Phi) is 4.91. The maximum absolute atomic E-state index is 11.8. The average molecular weight is 491 g/mol. The summed E-state index contributed by atoms with van der Waals surface area (Å²) in [4.78, 5) is -0.194. The van der Waals surface area contributed by atoms with E-state index >= 15 is 0 Å². The van der Waals surface area contributed by atoms with Gasteiger partial charge < -0.3 is 15.6 Å². The molecule has 0 unspecified atom stereocenters. The van der Waals surface area contributed by atoms with E-state index in [-0.39, 0.29) is 15.7 Å². The molecule has 7 nitrogen and oxygen atoms in total. The van der Waals surface area contributed by atoms with Gasteiger partial charge in [0.1, 0.15) is 11.2 Å². The predicted octanol–water partition coefficient (Wildman–Crippen LogP) is 3.57. The lowest BCUT2D eigenvalue weighted by Gasteiger charge is -2.14. The zero-order valence-electron chi connectivity index (χ0n) is 12.5. The van der Waals surface area contributed by atoms with Crippen molar-refractivity contribution in [3.8, 4) is 11.1 Å². The fourth-order valence-corrected chi connectivity index (χ4v) is 3.69. The summed E-state index contributed by atoms with van der Waals surface area (Å²) < 4.78 is 29.5. The van der Waals surface area contributed by atoms with E-state index in [1.54, 1.807) is 0 Å². The molecule has 0 fully saturated rings. The zero-order chi connectivity index (χ0) is 18.2. The standard InChI is InChI=1S/C15H12ClIN4O3S/c16-12-5-10(11-7-24-21-15(11)18)13(6-14(12)25(19,22)23)20-9-3-1-8(17)2-4-9/h1-7,20H,(H2,18,21)(H2,19,22,23). The van der Waals surface area contributed by atoms with Gasteiger partial charge in [-0.3, -0.25) is 0 Å². The topological polar surface area (TPSA) is 124 Å². The van der Waals surface area contributed by atoms with Crippen molar-refractivity contribution in [3.05, 3.63) is 51.3 Å². The quantitative estimate of drug-likeness (QED) is 0.480. The van der Waals surface area contributed by atoms with Crippen LogP contribution in [0.4, 0.5) is 17.2 Å². The number of nitrogens with two attached hydrogens (primary N) is 2. The Morgan fingerprint density at radius 1 is 1.16 bits per heavy atom. The highest BCUT2D eigenvalue weighted by molar-refractivity contribution is 14.1. The lowest BCUT2D eigenvalue weighted by atomic mass is 10.1. The molecule has 3 aromatic rings. The zero-order valence-corrected chi connectivity index (χ0v) is 16.3. The van der Waals surface area contributed by atoms with Crippen LogP contribution in [0.2, 0.25) is 5.02 Å². The first-order valence-electron chi connectivity index (χ1n) is 6.85. The number of nitrogens with zero attached hydrogens (tertiary/aromatic N) is 1. The molecule has 0 aliphatic heterocycles. The van der Waals surface area contributed by atoms with Gasteiger partial charge in [0.2, 0.25) is 10.0 Å². The fraction of sp³-hybridized carbons (Fsp3) is 0. The predicted molar refractivity (Wildman–Crippen MR) is 105 cm³/mol. The summed E-state index contributed by atoms with van der Waals surface area (Å²) in [5.74, 6) is 0.157. The van der Waals surface area contributed by atoms with Gasteiger partial charge in [-0.2, -0.15) is 0 Å². The van der Waals surface area contributed by atoms with Gasteiger partial charge in [-0.15, -0.1) is 0 Å². The molecule has 0 bridgehead atoms. The first-order chi connectivity index (χ1) is 11.8. The van der Waals surface area contributed by atoms with E-state index in [0.29, 0.717) is 16.8 Å². The van der Waals surface area contributed by atoms with Gasteiger partial charge in [0.15, 0.2) is 5.82 Å². The van der Waals surface area contributed by atoms with Crippen LogP contribution in [0.3, 0.4) is 0 Å². The summed E-state index contributed by atoms with van der Waals surface area (Å²) in [6.07, 6.45) is 1.36. The highest BCUT2D eigenvalue weighted by Crippen LogP contribution is 2.38. The Hall–Kier alpha value is -1.82. The minimum absolute atomic E-state index is 0.0220. The number of sulfonamides is 1. The number of nitrogens with one attached hydrogen (secondary N) is 1. The van der Waals surface area contributed by atoms with Crippen LogP contribution in [0.1, 0.15) is 0 Å². The van der Waals surface area contributed by atoms with Gasteiger partial charge >= 0.3 is 0 Å². The van der Waals surface area contributed by atoms with Crippen molar-refractivity contribution in [2.45, 2.75) is 4.90 Å². The minimum Gasteiger partial charge on any atom is -0.380 e. The second-order valence-corrected chi connectivity index (χ2v) is 8.30. The Labute approximate surface area is 162 Å². The van der Waals surface area contributed by atoms with Crippen molar-refractivity contribution in [3.63, 3.8) is 0 Å². The van der Waals surface area contributed by atoms with E-state index in [4.69, 9.17) is 27.0 Å². The molecular weight excluding hydrogens is 479 g/mol. The summed E-state index contributed by atoms with van der Waals surface area (Å²) in [5, 5.41) is 12.0. The van der Waals surface area contributed by atoms with Crippen molar-refractivity contribution in [2.75, 3.05) is 11.1 Å². The van der Waals surface area contributed by atoms with Crippen LogP contribution in [0, 0.1) is 3.57 Å². The second kappa shape index (κ2) is 6.83. The van der Waals surface area contributed by atoms with Crippen LogP contribution < -0.4 is 16.2 Å². The molecule has 2 aromatic carbocycles. The molecular formula is C15H12ClIN4O3S. The van der Waals surface area contributed by atoms with Crippen LogP contribution >= 0.6 is 34.2 Å². The van der Waals surface area contributed by atoms with E-state index in [2.05, 4.69) is 33.1 Å². The Morgan fingerprint density at radius 2 is 1.84 bits per heavy atom. The summed E-state index contributed by atoms with van der Waals surface area (Å²) in [6.45, 7) is 0. The van der Waals surface area contributed by atoms with E-state index < -0.39 is 10.0 Å². The van der Waals surface area contributed by atoms with Crippen LogP contribution in [-0.4, -0.2) is 13.6 Å². The van der Waals surface area contributed by atoms with Crippen LogP contribution in [-0.2, 0) is 10.0 Å². The van der Waals surface area contributed by atoms with Crippen LogP contribution in [0.5, 0.6) is 0 Å². The van der Waals surface area contributed by atoms with Crippen molar-refractivity contribution >= 4 is 61.4 Å². The number of hydrogen-bond donors (Lipinski definition) is 3. The molecule has 25 heavy (non-hydrogen) atoms. The van der Waals surface area contributed by atoms with Gasteiger partial charge in [-0.1, -0.05) is 16.8 Å². The number of nitrogen functional groups attached to an aromatic ring is 1. The maximum Gasteiger partial charge on any atom is 0.239 e. The van der Waals surface area contributed by atoms with Gasteiger partial charge in [-0.25, -0.2) is 13.6 Å². The molecule has 0 saturated carbocycles. The van der Waals surface area contributed by atoms with Crippen molar-refractivity contribution in [2.24, 2.45) is 5.14 Å². The van der Waals surface area contributed by atoms with E-state index in [1.165, 1.54) is 18.4 Å². The van der Waals surface area contributed by atoms with E-state index in [1.807, 2.05) is 24.3 Å². The molecule has 0 radical (unpaired) electrons. The highest BCUT2D eigenvalue weighted by Gasteiger charge is 2.20. The van der Waals surface area contributed by atoms with Crippen LogP contribution in [0.25, 0.3) is 11.1 Å². The summed E-state index contributed by atoms with van der Waals surface area (Å²) in [6, 6.07) is 10.3. The third kappa shape index (κ3) is 3.89. The molecule has 0 saturated heterocycles. The summed E-state index contributed by atoms with van der Waals surface area (Å²) >= 11 is 8.29. The molecule has 1 aromatic heterocycles. The van der Waals surface area contributed by atoms with Crippen LogP contribution in [0.15, 0.2) is 52.1 Å². The van der Waals surface area contributed by atoms with Gasteiger partial charge in [0.25, 0.3) is 0 Å². The molecule has 0 atom stereocenters. The Balaban J connectivity index is 2.18. The van der Waals surface area contributed by atoms with Crippen molar-refractivity contribution in [1.29, 1.82) is 0 Å². The highest BCUT2D eigenvalue weighted by atomic mass is 127. The van der Waals surface area contributed by atoms with Gasteiger partial charge in [-0.05, 0) is 59.0 Å².